The smallest absolute Gasteiger partial charge is 0.149 e. The minimum atomic E-state index is -0.0269. The number of aromatic nitrogens is 2. The average molecular weight is 407 g/mol. The largest absolute Gasteiger partial charge is 0.382 e. The molecule has 30 heavy (non-hydrogen) atoms. The van der Waals surface area contributed by atoms with Crippen LogP contribution in [0.15, 0.2) is 36.0 Å². The van der Waals surface area contributed by atoms with E-state index in [0.29, 0.717) is 5.82 Å². The topological polar surface area (TPSA) is 57.9 Å². The van der Waals surface area contributed by atoms with Crippen LogP contribution in [0.2, 0.25) is 0 Å². The number of nitrogen functional groups attached to an aromatic ring is 1. The molecule has 1 saturated carbocycles. The number of nitrogens with two attached hydrogens (primary N) is 1. The fourth-order valence-electron chi connectivity index (χ4n) is 4.57. The molecule has 2 aromatic rings. The van der Waals surface area contributed by atoms with Crippen LogP contribution in [-0.2, 0) is 11.8 Å². The van der Waals surface area contributed by atoms with Gasteiger partial charge in [0.05, 0.1) is 11.1 Å². The van der Waals surface area contributed by atoms with E-state index in [-0.39, 0.29) is 5.41 Å². The lowest BCUT2D eigenvalue weighted by Gasteiger charge is -2.42. The van der Waals surface area contributed by atoms with E-state index in [9.17, 15) is 0 Å². The number of fused-ring (bicyclic) bond motifs is 1. The summed E-state index contributed by atoms with van der Waals surface area (Å²) in [6.45, 7) is 15.6. The van der Waals surface area contributed by atoms with Crippen LogP contribution < -0.4 is 10.6 Å². The maximum absolute atomic E-state index is 6.26. The summed E-state index contributed by atoms with van der Waals surface area (Å²) >= 11 is 0. The Morgan fingerprint density at radius 2 is 2.00 bits per heavy atom. The molecule has 0 amide bonds. The van der Waals surface area contributed by atoms with Gasteiger partial charge in [-0.25, -0.2) is 4.98 Å². The van der Waals surface area contributed by atoms with Gasteiger partial charge in [0.2, 0.25) is 0 Å². The van der Waals surface area contributed by atoms with Crippen LogP contribution in [0.5, 0.6) is 0 Å². The Labute approximate surface area is 182 Å². The molecule has 0 atom stereocenters. The summed E-state index contributed by atoms with van der Waals surface area (Å²) in [4.78, 5) is 10.7. The summed E-state index contributed by atoms with van der Waals surface area (Å²) in [5.41, 5.74) is 13.7. The first kappa shape index (κ1) is 22.2. The molecule has 1 fully saturated rings. The normalized spacial score (nSPS) is 17.5. The zero-order valence-electron chi connectivity index (χ0n) is 19.4. The average Bonchev–Trinajstić information content (AvgIpc) is 3.08. The molecule has 4 heteroatoms. The first-order chi connectivity index (χ1) is 14.4. The molecule has 3 N–H and O–H groups in total. The molecule has 0 unspecified atom stereocenters. The highest BCUT2D eigenvalue weighted by Crippen LogP contribution is 2.49. The Bertz CT molecular complexity index is 931. The van der Waals surface area contributed by atoms with Crippen LogP contribution in [-0.4, -0.2) is 16.5 Å². The molecular weight excluding hydrogens is 368 g/mol. The predicted octanol–water partition coefficient (Wildman–Crippen LogP) is 6.59. The van der Waals surface area contributed by atoms with E-state index in [1.165, 1.54) is 35.2 Å². The number of allylic oxidation sites excluding steroid dienone is 2. The quantitative estimate of drug-likeness (QED) is 0.589. The number of hydrogen-bond acceptors (Lipinski definition) is 3. The van der Waals surface area contributed by atoms with E-state index in [1.54, 1.807) is 0 Å². The first-order valence-corrected chi connectivity index (χ1v) is 11.5. The zero-order valence-corrected chi connectivity index (χ0v) is 19.4. The SMILES string of the molecule is C=C(C)N1CCCc2cc(C3(c4nc(N)c(/C=C(\C)CC)[nH]4)CCC3)ccc21.CC. The van der Waals surface area contributed by atoms with Gasteiger partial charge >= 0.3 is 0 Å². The summed E-state index contributed by atoms with van der Waals surface area (Å²) < 4.78 is 0. The van der Waals surface area contributed by atoms with Gasteiger partial charge < -0.3 is 15.6 Å². The molecule has 162 valence electrons. The molecule has 0 bridgehead atoms. The molecular formula is C26H38N4. The second-order valence-electron chi connectivity index (χ2n) is 8.50. The third kappa shape index (κ3) is 3.92. The molecule has 0 radical (unpaired) electrons. The highest BCUT2D eigenvalue weighted by molar-refractivity contribution is 5.63. The maximum atomic E-state index is 6.26. The molecule has 0 saturated heterocycles. The van der Waals surface area contributed by atoms with Crippen molar-refractivity contribution in [2.24, 2.45) is 0 Å². The van der Waals surface area contributed by atoms with Crippen molar-refractivity contribution >= 4 is 17.6 Å². The van der Waals surface area contributed by atoms with Crippen molar-refractivity contribution in [2.75, 3.05) is 17.2 Å². The van der Waals surface area contributed by atoms with E-state index in [4.69, 9.17) is 10.7 Å². The van der Waals surface area contributed by atoms with E-state index in [1.807, 2.05) is 13.8 Å². The Balaban J connectivity index is 0.00000124. The number of rotatable bonds is 5. The predicted molar refractivity (Wildman–Crippen MR) is 130 cm³/mol. The van der Waals surface area contributed by atoms with Crippen LogP contribution in [0.1, 0.15) is 89.4 Å². The highest BCUT2D eigenvalue weighted by atomic mass is 15.1. The number of nitrogens with one attached hydrogen (secondary N) is 1. The first-order valence-electron chi connectivity index (χ1n) is 11.5. The number of benzene rings is 1. The molecule has 2 aliphatic rings. The van der Waals surface area contributed by atoms with Gasteiger partial charge in [-0.15, -0.1) is 0 Å². The van der Waals surface area contributed by atoms with Crippen LogP contribution in [0, 0.1) is 0 Å². The number of aromatic amines is 1. The number of nitrogens with zero attached hydrogens (tertiary/aromatic N) is 2. The van der Waals surface area contributed by atoms with Gasteiger partial charge in [0, 0.05) is 17.9 Å². The third-order valence-corrected chi connectivity index (χ3v) is 6.58. The summed E-state index contributed by atoms with van der Waals surface area (Å²) in [5, 5.41) is 0. The van der Waals surface area contributed by atoms with Crippen LogP contribution in [0.4, 0.5) is 11.5 Å². The van der Waals surface area contributed by atoms with E-state index in [2.05, 4.69) is 61.5 Å². The summed E-state index contributed by atoms with van der Waals surface area (Å²) in [5.74, 6) is 1.64. The molecule has 4 nitrogen and oxygen atoms in total. The number of hydrogen-bond donors (Lipinski definition) is 2. The van der Waals surface area contributed by atoms with Crippen molar-refractivity contribution in [2.45, 2.75) is 78.6 Å². The fraction of sp³-hybridized carbons (Fsp3) is 0.500. The lowest BCUT2D eigenvalue weighted by Crippen LogP contribution is -2.37. The molecule has 0 spiro atoms. The fourth-order valence-corrected chi connectivity index (χ4v) is 4.57. The molecule has 4 rings (SSSR count). The van der Waals surface area contributed by atoms with Gasteiger partial charge in [-0.3, -0.25) is 0 Å². The lowest BCUT2D eigenvalue weighted by atomic mass is 9.63. The number of anilines is 2. The molecule has 2 heterocycles. The zero-order chi connectivity index (χ0) is 21.9. The van der Waals surface area contributed by atoms with Gasteiger partial charge in [-0.05, 0) is 69.2 Å². The van der Waals surface area contributed by atoms with Crippen molar-refractivity contribution < 1.29 is 0 Å². The van der Waals surface area contributed by atoms with Gasteiger partial charge in [0.15, 0.2) is 0 Å². The molecule has 1 aliphatic carbocycles. The Morgan fingerprint density at radius 3 is 2.60 bits per heavy atom. The Hall–Kier alpha value is -2.49. The Morgan fingerprint density at radius 1 is 1.27 bits per heavy atom. The third-order valence-electron chi connectivity index (χ3n) is 6.58. The standard InChI is InChI=1S/C24H32N4.C2H6/c1-5-17(4)14-20-22(25)27-23(26-20)24(11-7-12-24)19-9-10-21-18(15-19)8-6-13-28(21)16(2)3;1-2/h9-10,14-15H,2,5-8,11-13,25H2,1,3-4H3,(H,26,27);1-2H3/b17-14+;. The molecule has 1 aromatic heterocycles. The van der Waals surface area contributed by atoms with Crippen LogP contribution >= 0.6 is 0 Å². The minimum absolute atomic E-state index is 0.0269. The van der Waals surface area contributed by atoms with Crippen molar-refractivity contribution in [3.63, 3.8) is 0 Å². The highest BCUT2D eigenvalue weighted by Gasteiger charge is 2.43. The number of H-pyrrole nitrogens is 1. The maximum Gasteiger partial charge on any atom is 0.149 e. The second kappa shape index (κ2) is 9.11. The van der Waals surface area contributed by atoms with Crippen molar-refractivity contribution in [1.82, 2.24) is 9.97 Å². The summed E-state index contributed by atoms with van der Waals surface area (Å²) in [7, 11) is 0. The summed E-state index contributed by atoms with van der Waals surface area (Å²) in [6, 6.07) is 6.99. The van der Waals surface area contributed by atoms with Crippen LogP contribution in [0.25, 0.3) is 6.08 Å². The van der Waals surface area contributed by atoms with Gasteiger partial charge in [-0.2, -0.15) is 0 Å². The Kier molecular flexibility index (Phi) is 6.74. The van der Waals surface area contributed by atoms with E-state index >= 15 is 0 Å². The van der Waals surface area contributed by atoms with Gasteiger partial charge in [0.25, 0.3) is 0 Å². The monoisotopic (exact) mass is 406 g/mol. The summed E-state index contributed by atoms with van der Waals surface area (Å²) in [6.07, 6.45) is 8.94. The minimum Gasteiger partial charge on any atom is -0.382 e. The van der Waals surface area contributed by atoms with E-state index < -0.39 is 0 Å². The van der Waals surface area contributed by atoms with Crippen LogP contribution in [0.3, 0.4) is 0 Å². The molecule has 1 aliphatic heterocycles. The van der Waals surface area contributed by atoms with Crippen molar-refractivity contribution in [1.29, 1.82) is 0 Å². The van der Waals surface area contributed by atoms with Gasteiger partial charge in [0.1, 0.15) is 11.6 Å². The van der Waals surface area contributed by atoms with Crippen molar-refractivity contribution in [3.8, 4) is 0 Å². The van der Waals surface area contributed by atoms with E-state index in [0.717, 1.165) is 49.4 Å². The van der Waals surface area contributed by atoms with Gasteiger partial charge in [-0.1, -0.05) is 51.5 Å². The number of aryl methyl sites for hydroxylation is 1. The lowest BCUT2D eigenvalue weighted by molar-refractivity contribution is 0.287. The number of imidazole rings is 1. The van der Waals surface area contributed by atoms with Crippen molar-refractivity contribution in [3.05, 3.63) is 58.7 Å². The second-order valence-corrected chi connectivity index (χ2v) is 8.50. The molecule has 1 aromatic carbocycles.